The highest BCUT2D eigenvalue weighted by Crippen LogP contribution is 2.06. The summed E-state index contributed by atoms with van der Waals surface area (Å²) in [5.41, 5.74) is 0.926. The molecule has 0 saturated heterocycles. The third kappa shape index (κ3) is 1.83. The minimum atomic E-state index is -0.135. The second kappa shape index (κ2) is 3.88. The van der Waals surface area contributed by atoms with Crippen molar-refractivity contribution in [3.05, 3.63) is 54.4 Å². The average molecular weight is 199 g/mol. The molecule has 0 spiro atoms. The lowest BCUT2D eigenvalue weighted by atomic mass is 10.1. The van der Waals surface area contributed by atoms with Gasteiger partial charge in [-0.05, 0) is 0 Å². The molecule has 0 unspecified atom stereocenters. The standard InChI is InChI=1S/C11H9N3O/c1-2-14-8-10(12-13-14)11(15)9-6-4-3-5-7-9/h2-8H,1H2. The molecule has 0 atom stereocenters. The van der Waals surface area contributed by atoms with Crippen LogP contribution in [0.4, 0.5) is 0 Å². The summed E-state index contributed by atoms with van der Waals surface area (Å²) in [6.45, 7) is 3.53. The second-order valence-electron chi connectivity index (χ2n) is 2.96. The van der Waals surface area contributed by atoms with Crippen molar-refractivity contribution < 1.29 is 4.79 Å². The molecule has 0 aliphatic heterocycles. The Labute approximate surface area is 86.9 Å². The fourth-order valence-electron chi connectivity index (χ4n) is 1.21. The fourth-order valence-corrected chi connectivity index (χ4v) is 1.21. The van der Waals surface area contributed by atoms with Crippen molar-refractivity contribution >= 4 is 12.0 Å². The van der Waals surface area contributed by atoms with Crippen molar-refractivity contribution in [2.24, 2.45) is 0 Å². The van der Waals surface area contributed by atoms with Gasteiger partial charge in [-0.15, -0.1) is 5.10 Å². The SMILES string of the molecule is C=Cn1cc(C(=O)c2ccccc2)nn1. The number of hydrogen-bond donors (Lipinski definition) is 0. The van der Waals surface area contributed by atoms with Crippen LogP contribution in [-0.2, 0) is 0 Å². The van der Waals surface area contributed by atoms with Crippen LogP contribution in [0, 0.1) is 0 Å². The summed E-state index contributed by atoms with van der Waals surface area (Å²) in [4.78, 5) is 11.8. The van der Waals surface area contributed by atoms with Gasteiger partial charge in [0.15, 0.2) is 5.69 Å². The van der Waals surface area contributed by atoms with E-state index in [0.29, 0.717) is 11.3 Å². The summed E-state index contributed by atoms with van der Waals surface area (Å²) in [7, 11) is 0. The van der Waals surface area contributed by atoms with Crippen LogP contribution >= 0.6 is 0 Å². The summed E-state index contributed by atoms with van der Waals surface area (Å²) >= 11 is 0. The van der Waals surface area contributed by atoms with Crippen molar-refractivity contribution in [2.45, 2.75) is 0 Å². The minimum Gasteiger partial charge on any atom is -0.287 e. The van der Waals surface area contributed by atoms with E-state index in [4.69, 9.17) is 0 Å². The van der Waals surface area contributed by atoms with Crippen LogP contribution in [0.3, 0.4) is 0 Å². The molecule has 1 aromatic carbocycles. The predicted molar refractivity (Wildman–Crippen MR) is 56.3 cm³/mol. The molecule has 0 bridgehead atoms. The van der Waals surface area contributed by atoms with E-state index in [2.05, 4.69) is 16.9 Å². The fraction of sp³-hybridized carbons (Fsp3) is 0. The first kappa shape index (κ1) is 9.33. The molecule has 2 aromatic rings. The zero-order valence-electron chi connectivity index (χ0n) is 8.00. The Hall–Kier alpha value is -2.23. The van der Waals surface area contributed by atoms with E-state index in [9.17, 15) is 4.79 Å². The average Bonchev–Trinajstić information content (AvgIpc) is 2.78. The lowest BCUT2D eigenvalue weighted by Crippen LogP contribution is -2.01. The first-order valence-electron chi connectivity index (χ1n) is 4.45. The van der Waals surface area contributed by atoms with Gasteiger partial charge in [-0.2, -0.15) is 0 Å². The lowest BCUT2D eigenvalue weighted by molar-refractivity contribution is 0.103. The Balaban J connectivity index is 2.32. The Kier molecular flexibility index (Phi) is 2.41. The number of ketones is 1. The topological polar surface area (TPSA) is 47.8 Å². The van der Waals surface area contributed by atoms with Crippen LogP contribution in [0.1, 0.15) is 16.1 Å². The molecule has 4 heteroatoms. The molecule has 1 aromatic heterocycles. The monoisotopic (exact) mass is 199 g/mol. The molecule has 2 rings (SSSR count). The van der Waals surface area contributed by atoms with Crippen molar-refractivity contribution in [1.82, 2.24) is 15.0 Å². The first-order valence-corrected chi connectivity index (χ1v) is 4.45. The van der Waals surface area contributed by atoms with Crippen LogP contribution < -0.4 is 0 Å². The van der Waals surface area contributed by atoms with E-state index in [0.717, 1.165) is 0 Å². The molecule has 4 nitrogen and oxygen atoms in total. The van der Waals surface area contributed by atoms with Crippen LogP contribution in [0.15, 0.2) is 43.1 Å². The van der Waals surface area contributed by atoms with Crippen molar-refractivity contribution in [1.29, 1.82) is 0 Å². The van der Waals surface area contributed by atoms with Gasteiger partial charge < -0.3 is 0 Å². The predicted octanol–water partition coefficient (Wildman–Crippen LogP) is 1.61. The highest BCUT2D eigenvalue weighted by Gasteiger charge is 2.11. The number of carbonyl (C=O) groups is 1. The van der Waals surface area contributed by atoms with Crippen molar-refractivity contribution in [2.75, 3.05) is 0 Å². The van der Waals surface area contributed by atoms with Gasteiger partial charge in [0.05, 0.1) is 6.20 Å². The summed E-state index contributed by atoms with van der Waals surface area (Å²) < 4.78 is 1.40. The quantitative estimate of drug-likeness (QED) is 0.705. The number of nitrogens with zero attached hydrogens (tertiary/aromatic N) is 3. The Morgan fingerprint density at radius 2 is 2.07 bits per heavy atom. The number of benzene rings is 1. The van der Waals surface area contributed by atoms with Gasteiger partial charge in [0.2, 0.25) is 5.78 Å². The molecule has 0 saturated carbocycles. The number of hydrogen-bond acceptors (Lipinski definition) is 3. The van der Waals surface area contributed by atoms with Crippen LogP contribution in [0.2, 0.25) is 0 Å². The molecule has 0 amide bonds. The Morgan fingerprint density at radius 1 is 1.33 bits per heavy atom. The van der Waals surface area contributed by atoms with Gasteiger partial charge in [0, 0.05) is 11.8 Å². The van der Waals surface area contributed by atoms with Crippen LogP contribution in [0.25, 0.3) is 6.20 Å². The van der Waals surface area contributed by atoms with Gasteiger partial charge >= 0.3 is 0 Å². The van der Waals surface area contributed by atoms with E-state index in [1.807, 2.05) is 18.2 Å². The Morgan fingerprint density at radius 3 is 2.67 bits per heavy atom. The molecule has 0 N–H and O–H groups in total. The van der Waals surface area contributed by atoms with E-state index < -0.39 is 0 Å². The largest absolute Gasteiger partial charge is 0.287 e. The van der Waals surface area contributed by atoms with E-state index >= 15 is 0 Å². The summed E-state index contributed by atoms with van der Waals surface area (Å²) in [6.07, 6.45) is 3.02. The van der Waals surface area contributed by atoms with Crippen molar-refractivity contribution in [3.8, 4) is 0 Å². The lowest BCUT2D eigenvalue weighted by Gasteiger charge is -1.94. The molecule has 0 radical (unpaired) electrons. The molecule has 0 fully saturated rings. The third-order valence-electron chi connectivity index (χ3n) is 1.97. The molecular weight excluding hydrogens is 190 g/mol. The molecule has 1 heterocycles. The van der Waals surface area contributed by atoms with E-state index in [1.165, 1.54) is 10.9 Å². The van der Waals surface area contributed by atoms with Crippen molar-refractivity contribution in [3.63, 3.8) is 0 Å². The van der Waals surface area contributed by atoms with Gasteiger partial charge in [-0.3, -0.25) is 4.79 Å². The maximum absolute atomic E-state index is 11.8. The van der Waals surface area contributed by atoms with E-state index in [-0.39, 0.29) is 5.78 Å². The zero-order chi connectivity index (χ0) is 10.7. The maximum Gasteiger partial charge on any atom is 0.214 e. The number of rotatable bonds is 3. The zero-order valence-corrected chi connectivity index (χ0v) is 8.00. The molecule has 15 heavy (non-hydrogen) atoms. The molecule has 0 aliphatic rings. The van der Waals surface area contributed by atoms with Gasteiger partial charge in [0.25, 0.3) is 0 Å². The summed E-state index contributed by atoms with van der Waals surface area (Å²) in [5, 5.41) is 7.46. The summed E-state index contributed by atoms with van der Waals surface area (Å²) in [6, 6.07) is 8.97. The van der Waals surface area contributed by atoms with E-state index in [1.54, 1.807) is 18.3 Å². The minimum absolute atomic E-state index is 0.135. The van der Waals surface area contributed by atoms with Gasteiger partial charge in [-0.25, -0.2) is 4.68 Å². The molecule has 74 valence electrons. The highest BCUT2D eigenvalue weighted by atomic mass is 16.1. The third-order valence-corrected chi connectivity index (χ3v) is 1.97. The summed E-state index contributed by atoms with van der Waals surface area (Å²) in [5.74, 6) is -0.135. The molecule has 0 aliphatic carbocycles. The second-order valence-corrected chi connectivity index (χ2v) is 2.96. The Bertz CT molecular complexity index is 488. The van der Waals surface area contributed by atoms with Crippen LogP contribution in [0.5, 0.6) is 0 Å². The smallest absolute Gasteiger partial charge is 0.214 e. The number of aromatic nitrogens is 3. The molecular formula is C11H9N3O. The number of carbonyl (C=O) groups excluding carboxylic acids is 1. The first-order chi connectivity index (χ1) is 7.31. The van der Waals surface area contributed by atoms with Gasteiger partial charge in [-0.1, -0.05) is 42.1 Å². The normalized spacial score (nSPS) is 9.87. The van der Waals surface area contributed by atoms with Gasteiger partial charge in [0.1, 0.15) is 0 Å². The maximum atomic E-state index is 11.8. The van der Waals surface area contributed by atoms with Crippen LogP contribution in [-0.4, -0.2) is 20.8 Å². The highest BCUT2D eigenvalue weighted by molar-refractivity contribution is 6.07.